The molecule has 0 unspecified atom stereocenters. The number of ketones is 1. The van der Waals surface area contributed by atoms with Crippen molar-refractivity contribution in [1.29, 1.82) is 0 Å². The molecule has 1 rings (SSSR count). The molecule has 1 aromatic rings. The molecule has 1 aromatic carbocycles. The number of methoxy groups -OCH3 is 1. The maximum Gasteiger partial charge on any atom is 0.164 e. The van der Waals surface area contributed by atoms with E-state index in [4.69, 9.17) is 4.74 Å². The van der Waals surface area contributed by atoms with Crippen molar-refractivity contribution in [3.8, 4) is 0 Å². The number of hydrogen-bond acceptors (Lipinski definition) is 3. The van der Waals surface area contributed by atoms with Crippen LogP contribution in [0.3, 0.4) is 0 Å². The predicted molar refractivity (Wildman–Crippen MR) is 78.5 cm³/mol. The number of ether oxygens (including phenoxy) is 1. The van der Waals surface area contributed by atoms with Gasteiger partial charge in [0.2, 0.25) is 0 Å². The lowest BCUT2D eigenvalue weighted by atomic mass is 10.1. The lowest BCUT2D eigenvalue weighted by molar-refractivity contribution is 0.0941. The fourth-order valence-corrected chi connectivity index (χ4v) is 2.10. The Morgan fingerprint density at radius 1 is 1.35 bits per heavy atom. The summed E-state index contributed by atoms with van der Waals surface area (Å²) < 4.78 is 18.2. The van der Waals surface area contributed by atoms with Gasteiger partial charge in [-0.3, -0.25) is 4.79 Å². The van der Waals surface area contributed by atoms with Crippen LogP contribution in [0.5, 0.6) is 0 Å². The molecule has 0 spiro atoms. The number of benzene rings is 1. The minimum Gasteiger partial charge on any atom is -0.383 e. The van der Waals surface area contributed by atoms with Gasteiger partial charge in [-0.2, -0.15) is 0 Å². The summed E-state index contributed by atoms with van der Waals surface area (Å²) in [5, 5.41) is 0. The van der Waals surface area contributed by atoms with E-state index in [1.807, 2.05) is 0 Å². The van der Waals surface area contributed by atoms with Crippen molar-refractivity contribution in [1.82, 2.24) is 4.90 Å². The van der Waals surface area contributed by atoms with Crippen molar-refractivity contribution >= 4 is 5.78 Å². The van der Waals surface area contributed by atoms with Crippen LogP contribution in [0.1, 0.15) is 30.6 Å². The van der Waals surface area contributed by atoms with E-state index in [-0.39, 0.29) is 11.6 Å². The number of rotatable bonds is 9. The summed E-state index contributed by atoms with van der Waals surface area (Å²) in [7, 11) is 1.67. The first-order valence-corrected chi connectivity index (χ1v) is 7.03. The first kappa shape index (κ1) is 16.8. The molecule has 0 bridgehead atoms. The van der Waals surface area contributed by atoms with Gasteiger partial charge in [0.05, 0.1) is 6.61 Å². The average Bonchev–Trinajstić information content (AvgIpc) is 2.41. The summed E-state index contributed by atoms with van der Waals surface area (Å²) in [6.45, 7) is 7.37. The molecule has 0 amide bonds. The maximum atomic E-state index is 13.1. The van der Waals surface area contributed by atoms with Crippen LogP contribution >= 0.6 is 0 Å². The normalized spacial score (nSPS) is 11.3. The number of Topliss-reactive ketones (excluding diaryl/α,β-unsaturated/α-hetero) is 1. The second-order valence-electron chi connectivity index (χ2n) is 5.37. The standard InChI is InChI=1S/C16H24FNO2/c1-13(2)12-18(9-10-20-3)8-7-16(19)14-5-4-6-15(17)11-14/h4-6,11,13H,7-10,12H2,1-3H3. The van der Waals surface area contributed by atoms with Gasteiger partial charge in [0.25, 0.3) is 0 Å². The van der Waals surface area contributed by atoms with Crippen LogP contribution in [0.25, 0.3) is 0 Å². The Bertz CT molecular complexity index is 421. The van der Waals surface area contributed by atoms with E-state index in [0.717, 1.165) is 13.1 Å². The molecule has 3 nitrogen and oxygen atoms in total. The van der Waals surface area contributed by atoms with Gasteiger partial charge in [-0.15, -0.1) is 0 Å². The summed E-state index contributed by atoms with van der Waals surface area (Å²) in [4.78, 5) is 14.2. The molecule has 0 aliphatic rings. The molecule has 0 aliphatic carbocycles. The van der Waals surface area contributed by atoms with Crippen LogP contribution in [0.15, 0.2) is 24.3 Å². The van der Waals surface area contributed by atoms with E-state index >= 15 is 0 Å². The minimum atomic E-state index is -0.366. The lowest BCUT2D eigenvalue weighted by Crippen LogP contribution is -2.33. The van der Waals surface area contributed by atoms with Crippen molar-refractivity contribution in [3.63, 3.8) is 0 Å². The zero-order chi connectivity index (χ0) is 15.0. The van der Waals surface area contributed by atoms with Crippen LogP contribution in [-0.2, 0) is 4.74 Å². The molecule has 0 heterocycles. The number of halogens is 1. The fourth-order valence-electron chi connectivity index (χ4n) is 2.10. The van der Waals surface area contributed by atoms with Crippen molar-refractivity contribution in [2.75, 3.05) is 33.4 Å². The Morgan fingerprint density at radius 2 is 2.10 bits per heavy atom. The molecular weight excluding hydrogens is 257 g/mol. The van der Waals surface area contributed by atoms with Gasteiger partial charge >= 0.3 is 0 Å². The quantitative estimate of drug-likeness (QED) is 0.652. The Balaban J connectivity index is 2.51. The molecular formula is C16H24FNO2. The average molecular weight is 281 g/mol. The smallest absolute Gasteiger partial charge is 0.164 e. The van der Waals surface area contributed by atoms with Gasteiger partial charge in [-0.05, 0) is 18.1 Å². The highest BCUT2D eigenvalue weighted by Crippen LogP contribution is 2.08. The molecule has 4 heteroatoms. The van der Waals surface area contributed by atoms with Crippen LogP contribution < -0.4 is 0 Å². The fraction of sp³-hybridized carbons (Fsp3) is 0.562. The summed E-state index contributed by atoms with van der Waals surface area (Å²) in [5.74, 6) is 0.154. The lowest BCUT2D eigenvalue weighted by Gasteiger charge is -2.23. The molecule has 0 saturated carbocycles. The third-order valence-corrected chi connectivity index (χ3v) is 3.04. The topological polar surface area (TPSA) is 29.5 Å². The maximum absolute atomic E-state index is 13.1. The number of carbonyl (C=O) groups is 1. The molecule has 112 valence electrons. The van der Waals surface area contributed by atoms with E-state index in [9.17, 15) is 9.18 Å². The summed E-state index contributed by atoms with van der Waals surface area (Å²) in [6, 6.07) is 5.87. The largest absolute Gasteiger partial charge is 0.383 e. The highest BCUT2D eigenvalue weighted by atomic mass is 19.1. The van der Waals surface area contributed by atoms with Gasteiger partial charge in [-0.25, -0.2) is 4.39 Å². The van der Waals surface area contributed by atoms with E-state index in [0.29, 0.717) is 31.1 Å². The Hall–Kier alpha value is -1.26. The second kappa shape index (κ2) is 8.82. The Kier molecular flexibility index (Phi) is 7.41. The molecule has 0 aliphatic heterocycles. The highest BCUT2D eigenvalue weighted by molar-refractivity contribution is 5.96. The third-order valence-electron chi connectivity index (χ3n) is 3.04. The zero-order valence-corrected chi connectivity index (χ0v) is 12.6. The van der Waals surface area contributed by atoms with Crippen LogP contribution in [0, 0.1) is 11.7 Å². The van der Waals surface area contributed by atoms with Gasteiger partial charge in [0.15, 0.2) is 5.78 Å². The SMILES string of the molecule is COCCN(CCC(=O)c1cccc(F)c1)CC(C)C. The van der Waals surface area contributed by atoms with Crippen molar-refractivity contribution in [3.05, 3.63) is 35.6 Å². The zero-order valence-electron chi connectivity index (χ0n) is 12.6. The second-order valence-corrected chi connectivity index (χ2v) is 5.37. The van der Waals surface area contributed by atoms with Crippen molar-refractivity contribution < 1.29 is 13.9 Å². The Morgan fingerprint density at radius 3 is 2.70 bits per heavy atom. The molecule has 0 radical (unpaired) electrons. The van der Waals surface area contributed by atoms with E-state index in [1.165, 1.54) is 12.1 Å². The summed E-state index contributed by atoms with van der Waals surface area (Å²) >= 11 is 0. The first-order chi connectivity index (χ1) is 9.52. The van der Waals surface area contributed by atoms with Crippen LogP contribution in [-0.4, -0.2) is 44.0 Å². The van der Waals surface area contributed by atoms with E-state index in [1.54, 1.807) is 19.2 Å². The molecule has 0 N–H and O–H groups in total. The third kappa shape index (κ3) is 6.26. The highest BCUT2D eigenvalue weighted by Gasteiger charge is 2.11. The van der Waals surface area contributed by atoms with Crippen LogP contribution in [0.4, 0.5) is 4.39 Å². The predicted octanol–water partition coefficient (Wildman–Crippen LogP) is 3.00. The summed E-state index contributed by atoms with van der Waals surface area (Å²) in [5.41, 5.74) is 0.446. The molecule has 0 aromatic heterocycles. The van der Waals surface area contributed by atoms with Gasteiger partial charge < -0.3 is 9.64 Å². The van der Waals surface area contributed by atoms with E-state index in [2.05, 4.69) is 18.7 Å². The molecule has 0 saturated heterocycles. The van der Waals surface area contributed by atoms with E-state index < -0.39 is 0 Å². The van der Waals surface area contributed by atoms with Crippen LogP contribution in [0.2, 0.25) is 0 Å². The molecule has 0 atom stereocenters. The Labute approximate surface area is 120 Å². The summed E-state index contributed by atoms with van der Waals surface area (Å²) in [6.07, 6.45) is 0.403. The van der Waals surface area contributed by atoms with Gasteiger partial charge in [0, 0.05) is 38.7 Å². The van der Waals surface area contributed by atoms with Gasteiger partial charge in [-0.1, -0.05) is 26.0 Å². The number of carbonyl (C=O) groups excluding carboxylic acids is 1. The molecule has 0 fully saturated rings. The number of nitrogens with zero attached hydrogens (tertiary/aromatic N) is 1. The number of hydrogen-bond donors (Lipinski definition) is 0. The monoisotopic (exact) mass is 281 g/mol. The van der Waals surface area contributed by atoms with Crippen molar-refractivity contribution in [2.24, 2.45) is 5.92 Å². The first-order valence-electron chi connectivity index (χ1n) is 7.03. The van der Waals surface area contributed by atoms with Crippen molar-refractivity contribution in [2.45, 2.75) is 20.3 Å². The van der Waals surface area contributed by atoms with Gasteiger partial charge in [0.1, 0.15) is 5.82 Å². The minimum absolute atomic E-state index is 0.0179. The molecule has 20 heavy (non-hydrogen) atoms.